The molecule has 1 heterocycles. The summed E-state index contributed by atoms with van der Waals surface area (Å²) < 4.78 is 13.0. The molecule has 4 rings (SSSR count). The van der Waals surface area contributed by atoms with Gasteiger partial charge in [-0.2, -0.15) is 0 Å². The van der Waals surface area contributed by atoms with Gasteiger partial charge in [-0.1, -0.05) is 35.6 Å². The van der Waals surface area contributed by atoms with E-state index >= 15 is 0 Å². The quantitative estimate of drug-likeness (QED) is 0.658. The van der Waals surface area contributed by atoms with Gasteiger partial charge in [-0.3, -0.25) is 4.79 Å². The van der Waals surface area contributed by atoms with Crippen molar-refractivity contribution in [2.45, 2.75) is 32.2 Å². The van der Waals surface area contributed by atoms with Gasteiger partial charge in [0.25, 0.3) is 5.91 Å². The van der Waals surface area contributed by atoms with Gasteiger partial charge in [0.15, 0.2) is 5.13 Å². The molecule has 27 heavy (non-hydrogen) atoms. The monoisotopic (exact) mass is 381 g/mol. The Bertz CT molecular complexity index is 968. The fourth-order valence-corrected chi connectivity index (χ4v) is 4.33. The lowest BCUT2D eigenvalue weighted by atomic mass is 9.88. The van der Waals surface area contributed by atoms with Crippen LogP contribution in [-0.4, -0.2) is 10.9 Å². The van der Waals surface area contributed by atoms with Crippen LogP contribution in [0.5, 0.6) is 0 Å². The molecule has 4 nitrogen and oxygen atoms in total. The highest BCUT2D eigenvalue weighted by molar-refractivity contribution is 7.17. The van der Waals surface area contributed by atoms with Crippen LogP contribution in [0.4, 0.5) is 15.2 Å². The van der Waals surface area contributed by atoms with E-state index < -0.39 is 0 Å². The second kappa shape index (κ2) is 7.48. The summed E-state index contributed by atoms with van der Waals surface area (Å²) >= 11 is 1.31. The van der Waals surface area contributed by atoms with Crippen LogP contribution in [0.15, 0.2) is 48.5 Å². The number of carbonyl (C=O) groups excluding carboxylic acids is 1. The van der Waals surface area contributed by atoms with E-state index in [9.17, 15) is 9.18 Å². The van der Waals surface area contributed by atoms with Crippen LogP contribution in [0.25, 0.3) is 0 Å². The molecule has 0 aliphatic heterocycles. The van der Waals surface area contributed by atoms with Crippen molar-refractivity contribution in [3.05, 3.63) is 76.0 Å². The average molecular weight is 381 g/mol. The largest absolute Gasteiger partial charge is 0.344 e. The molecule has 0 unspecified atom stereocenters. The second-order valence-corrected chi connectivity index (χ2v) is 7.68. The van der Waals surface area contributed by atoms with E-state index in [1.807, 2.05) is 19.1 Å². The number of aryl methyl sites for hydroxylation is 2. The average Bonchev–Trinajstić information content (AvgIpc) is 3.04. The number of thiazole rings is 1. The van der Waals surface area contributed by atoms with Crippen molar-refractivity contribution in [1.82, 2.24) is 10.3 Å². The number of carbonyl (C=O) groups is 1. The van der Waals surface area contributed by atoms with Gasteiger partial charge >= 0.3 is 0 Å². The SMILES string of the molecule is Cc1nc(Nc2ccc(F)cc2)sc1C(=O)N[C@@H]1CCCc2ccccc21. The van der Waals surface area contributed by atoms with E-state index in [-0.39, 0.29) is 17.8 Å². The van der Waals surface area contributed by atoms with Crippen LogP contribution in [0.2, 0.25) is 0 Å². The van der Waals surface area contributed by atoms with E-state index in [0.29, 0.717) is 15.7 Å². The third kappa shape index (κ3) is 3.85. The maximum absolute atomic E-state index is 13.0. The highest BCUT2D eigenvalue weighted by Gasteiger charge is 2.24. The number of rotatable bonds is 4. The Kier molecular flexibility index (Phi) is 4.90. The number of amides is 1. The zero-order chi connectivity index (χ0) is 18.8. The Labute approximate surface area is 161 Å². The van der Waals surface area contributed by atoms with E-state index in [1.54, 1.807) is 12.1 Å². The predicted molar refractivity (Wildman–Crippen MR) is 106 cm³/mol. The van der Waals surface area contributed by atoms with E-state index in [2.05, 4.69) is 27.8 Å². The first kappa shape index (κ1) is 17.7. The normalized spacial score (nSPS) is 15.9. The molecule has 0 saturated heterocycles. The summed E-state index contributed by atoms with van der Waals surface area (Å²) in [7, 11) is 0. The van der Waals surface area contributed by atoms with Gasteiger partial charge in [0.05, 0.1) is 11.7 Å². The molecule has 1 aliphatic rings. The van der Waals surface area contributed by atoms with Gasteiger partial charge in [-0.05, 0) is 61.6 Å². The van der Waals surface area contributed by atoms with Gasteiger partial charge in [0, 0.05) is 5.69 Å². The molecule has 0 bridgehead atoms. The maximum Gasteiger partial charge on any atom is 0.263 e. The van der Waals surface area contributed by atoms with Crippen LogP contribution in [0, 0.1) is 12.7 Å². The Morgan fingerprint density at radius 2 is 1.96 bits per heavy atom. The summed E-state index contributed by atoms with van der Waals surface area (Å²) in [5.74, 6) is -0.387. The summed E-state index contributed by atoms with van der Waals surface area (Å²) in [6.45, 7) is 1.83. The molecule has 3 aromatic rings. The molecule has 1 atom stereocenters. The summed E-state index contributed by atoms with van der Waals surface area (Å²) in [6.07, 6.45) is 3.08. The van der Waals surface area contributed by atoms with Crippen LogP contribution in [0.1, 0.15) is 45.4 Å². The van der Waals surface area contributed by atoms with Crippen LogP contribution in [0.3, 0.4) is 0 Å². The molecule has 138 valence electrons. The first-order valence-corrected chi connectivity index (χ1v) is 9.80. The summed E-state index contributed by atoms with van der Waals surface area (Å²) in [6, 6.07) is 14.4. The zero-order valence-electron chi connectivity index (χ0n) is 15.0. The highest BCUT2D eigenvalue weighted by atomic mass is 32.1. The van der Waals surface area contributed by atoms with Crippen molar-refractivity contribution in [3.8, 4) is 0 Å². The standard InChI is InChI=1S/C21H20FN3OS/c1-13-19(27-21(23-13)24-16-11-9-15(22)10-12-16)20(26)25-18-8-4-6-14-5-2-3-7-17(14)18/h2-3,5,7,9-12,18H,4,6,8H2,1H3,(H,23,24)(H,25,26)/t18-/m1/s1. The van der Waals surface area contributed by atoms with Gasteiger partial charge in [0.2, 0.25) is 0 Å². The second-order valence-electron chi connectivity index (χ2n) is 6.68. The Morgan fingerprint density at radius 1 is 1.19 bits per heavy atom. The number of nitrogens with one attached hydrogen (secondary N) is 2. The minimum atomic E-state index is -0.288. The van der Waals surface area contributed by atoms with Gasteiger partial charge in [-0.25, -0.2) is 9.37 Å². The number of halogens is 1. The van der Waals surface area contributed by atoms with E-state index in [1.165, 1.54) is 34.6 Å². The number of aromatic nitrogens is 1. The molecule has 1 aliphatic carbocycles. The molecular formula is C21H20FN3OS. The Morgan fingerprint density at radius 3 is 2.78 bits per heavy atom. The van der Waals surface area contributed by atoms with Crippen molar-refractivity contribution in [2.24, 2.45) is 0 Å². The molecule has 1 amide bonds. The molecule has 6 heteroatoms. The first-order valence-electron chi connectivity index (χ1n) is 8.99. The minimum absolute atomic E-state index is 0.0393. The van der Waals surface area contributed by atoms with Gasteiger partial charge < -0.3 is 10.6 Å². The van der Waals surface area contributed by atoms with Gasteiger partial charge in [0.1, 0.15) is 10.7 Å². The molecule has 0 saturated carbocycles. The third-order valence-corrected chi connectivity index (χ3v) is 5.84. The number of hydrogen-bond donors (Lipinski definition) is 2. The van der Waals surface area contributed by atoms with E-state index in [0.717, 1.165) is 24.9 Å². The Hall–Kier alpha value is -2.73. The lowest BCUT2D eigenvalue weighted by molar-refractivity contribution is 0.0936. The molecule has 1 aromatic heterocycles. The molecular weight excluding hydrogens is 361 g/mol. The van der Waals surface area contributed by atoms with Gasteiger partial charge in [-0.15, -0.1) is 0 Å². The summed E-state index contributed by atoms with van der Waals surface area (Å²) in [4.78, 5) is 17.9. The lowest BCUT2D eigenvalue weighted by Gasteiger charge is -2.26. The van der Waals surface area contributed by atoms with Crippen LogP contribution in [-0.2, 0) is 6.42 Å². The number of nitrogens with zero attached hydrogens (tertiary/aromatic N) is 1. The molecule has 0 fully saturated rings. The van der Waals surface area contributed by atoms with Crippen molar-refractivity contribution < 1.29 is 9.18 Å². The maximum atomic E-state index is 13.0. The number of hydrogen-bond acceptors (Lipinski definition) is 4. The predicted octanol–water partition coefficient (Wildman–Crippen LogP) is 5.14. The van der Waals surface area contributed by atoms with E-state index in [4.69, 9.17) is 0 Å². The number of fused-ring (bicyclic) bond motifs is 1. The summed E-state index contributed by atoms with van der Waals surface area (Å²) in [5, 5.41) is 6.92. The topological polar surface area (TPSA) is 54.0 Å². The van der Waals surface area contributed by atoms with Crippen molar-refractivity contribution in [2.75, 3.05) is 5.32 Å². The van der Waals surface area contributed by atoms with Crippen LogP contribution >= 0.6 is 11.3 Å². The first-order chi connectivity index (χ1) is 13.1. The number of benzene rings is 2. The fourth-order valence-electron chi connectivity index (χ4n) is 3.44. The van der Waals surface area contributed by atoms with Crippen molar-refractivity contribution in [3.63, 3.8) is 0 Å². The van der Waals surface area contributed by atoms with Crippen LogP contribution < -0.4 is 10.6 Å². The third-order valence-electron chi connectivity index (χ3n) is 4.77. The smallest absolute Gasteiger partial charge is 0.263 e. The van der Waals surface area contributed by atoms with Crippen molar-refractivity contribution in [1.29, 1.82) is 0 Å². The highest BCUT2D eigenvalue weighted by Crippen LogP contribution is 2.31. The molecule has 2 N–H and O–H groups in total. The summed E-state index contributed by atoms with van der Waals surface area (Å²) in [5.41, 5.74) is 3.95. The zero-order valence-corrected chi connectivity index (χ0v) is 15.8. The lowest BCUT2D eigenvalue weighted by Crippen LogP contribution is -2.30. The fraction of sp³-hybridized carbons (Fsp3) is 0.238. The molecule has 2 aromatic carbocycles. The molecule has 0 spiro atoms. The minimum Gasteiger partial charge on any atom is -0.344 e. The number of anilines is 2. The Balaban J connectivity index is 1.50. The van der Waals surface area contributed by atoms with Crippen molar-refractivity contribution >= 4 is 28.1 Å². The molecule has 0 radical (unpaired) electrons.